The smallest absolute Gasteiger partial charge is 0.196 e. The van der Waals surface area contributed by atoms with E-state index in [1.165, 1.54) is 0 Å². The molecule has 0 aliphatic heterocycles. The van der Waals surface area contributed by atoms with Crippen LogP contribution in [0, 0.1) is 0 Å². The standard InChI is InChI=1S/C24H24N2O4/c1-3-12-29-19-14-18(28-2)21-20-16(24(27)22(21)23(19)25)8-6-9-17(20)30-13-10-15-7-4-5-11-26-15/h4-9,11,14H,3,10,12-13,25H2,1-2H3. The number of pyridine rings is 1. The maximum absolute atomic E-state index is 13.2. The number of aromatic nitrogens is 1. The third kappa shape index (κ3) is 3.45. The maximum Gasteiger partial charge on any atom is 0.196 e. The zero-order chi connectivity index (χ0) is 21.1. The molecule has 1 aliphatic rings. The number of hydrogen-bond acceptors (Lipinski definition) is 6. The second-order valence-corrected chi connectivity index (χ2v) is 7.02. The number of rotatable bonds is 8. The Morgan fingerprint density at radius 1 is 0.933 bits per heavy atom. The van der Waals surface area contributed by atoms with Gasteiger partial charge in [0.05, 0.1) is 31.6 Å². The second-order valence-electron chi connectivity index (χ2n) is 7.02. The van der Waals surface area contributed by atoms with Crippen molar-refractivity contribution in [2.75, 3.05) is 26.1 Å². The van der Waals surface area contributed by atoms with Gasteiger partial charge in [0, 0.05) is 41.1 Å². The van der Waals surface area contributed by atoms with E-state index in [0.717, 1.165) is 12.1 Å². The predicted molar refractivity (Wildman–Crippen MR) is 115 cm³/mol. The summed E-state index contributed by atoms with van der Waals surface area (Å²) in [6, 6.07) is 13.0. The molecule has 4 rings (SSSR count). The van der Waals surface area contributed by atoms with Crippen molar-refractivity contribution in [1.82, 2.24) is 4.98 Å². The van der Waals surface area contributed by atoms with Gasteiger partial charge in [0.15, 0.2) is 5.78 Å². The lowest BCUT2D eigenvalue weighted by molar-refractivity contribution is 0.104. The quantitative estimate of drug-likeness (QED) is 0.441. The van der Waals surface area contributed by atoms with Crippen LogP contribution in [0.15, 0.2) is 48.7 Å². The van der Waals surface area contributed by atoms with Crippen LogP contribution in [0.4, 0.5) is 5.69 Å². The Morgan fingerprint density at radius 2 is 1.77 bits per heavy atom. The first-order valence-corrected chi connectivity index (χ1v) is 9.99. The van der Waals surface area contributed by atoms with Crippen LogP contribution in [0.3, 0.4) is 0 Å². The molecule has 6 nitrogen and oxygen atoms in total. The number of ether oxygens (including phenoxy) is 3. The Kier molecular flexibility index (Phi) is 5.57. The number of hydrogen-bond donors (Lipinski definition) is 1. The molecule has 0 bridgehead atoms. The Balaban J connectivity index is 1.72. The summed E-state index contributed by atoms with van der Waals surface area (Å²) in [6.07, 6.45) is 3.26. The molecule has 0 radical (unpaired) electrons. The molecule has 0 spiro atoms. The molecular formula is C24H24N2O4. The van der Waals surface area contributed by atoms with Crippen LogP contribution in [0.25, 0.3) is 11.1 Å². The lowest BCUT2D eigenvalue weighted by atomic mass is 10.0. The summed E-state index contributed by atoms with van der Waals surface area (Å²) in [6.45, 7) is 2.96. The van der Waals surface area contributed by atoms with Crippen molar-refractivity contribution in [3.63, 3.8) is 0 Å². The van der Waals surface area contributed by atoms with E-state index in [-0.39, 0.29) is 5.78 Å². The molecule has 0 amide bonds. The van der Waals surface area contributed by atoms with Crippen LogP contribution in [0.5, 0.6) is 17.2 Å². The van der Waals surface area contributed by atoms with Crippen molar-refractivity contribution in [2.24, 2.45) is 0 Å². The van der Waals surface area contributed by atoms with E-state index in [0.29, 0.717) is 64.8 Å². The van der Waals surface area contributed by atoms with Crippen molar-refractivity contribution in [3.05, 3.63) is 65.5 Å². The maximum atomic E-state index is 13.2. The molecule has 0 unspecified atom stereocenters. The van der Waals surface area contributed by atoms with E-state index in [1.807, 2.05) is 37.3 Å². The normalized spacial score (nSPS) is 11.7. The number of fused-ring (bicyclic) bond motifs is 3. The zero-order valence-electron chi connectivity index (χ0n) is 17.1. The number of benzene rings is 2. The summed E-state index contributed by atoms with van der Waals surface area (Å²) in [4.78, 5) is 17.5. The molecule has 0 saturated carbocycles. The highest BCUT2D eigenvalue weighted by Gasteiger charge is 2.36. The van der Waals surface area contributed by atoms with E-state index in [4.69, 9.17) is 19.9 Å². The number of ketones is 1. The lowest BCUT2D eigenvalue weighted by Gasteiger charge is -2.16. The van der Waals surface area contributed by atoms with Crippen LogP contribution in [-0.4, -0.2) is 31.1 Å². The third-order valence-corrected chi connectivity index (χ3v) is 5.06. The highest BCUT2D eigenvalue weighted by Crippen LogP contribution is 2.51. The molecule has 1 heterocycles. The van der Waals surface area contributed by atoms with Gasteiger partial charge in [-0.25, -0.2) is 0 Å². The lowest BCUT2D eigenvalue weighted by Crippen LogP contribution is -2.06. The third-order valence-electron chi connectivity index (χ3n) is 5.06. The van der Waals surface area contributed by atoms with E-state index < -0.39 is 0 Å². The first-order valence-electron chi connectivity index (χ1n) is 9.99. The number of nitrogen functional groups attached to an aromatic ring is 1. The van der Waals surface area contributed by atoms with Gasteiger partial charge >= 0.3 is 0 Å². The SMILES string of the molecule is CCCOc1cc(OC)c2c(c1N)C(=O)c1cccc(OCCc3ccccn3)c1-2. The van der Waals surface area contributed by atoms with Crippen molar-refractivity contribution < 1.29 is 19.0 Å². The summed E-state index contributed by atoms with van der Waals surface area (Å²) < 4.78 is 17.4. The Labute approximate surface area is 175 Å². The summed E-state index contributed by atoms with van der Waals surface area (Å²) >= 11 is 0. The molecular weight excluding hydrogens is 380 g/mol. The molecule has 0 atom stereocenters. The summed E-state index contributed by atoms with van der Waals surface area (Å²) in [5.74, 6) is 1.48. The van der Waals surface area contributed by atoms with Gasteiger partial charge in [-0.2, -0.15) is 0 Å². The van der Waals surface area contributed by atoms with E-state index in [1.54, 1.807) is 25.4 Å². The second kappa shape index (κ2) is 8.45. The van der Waals surface area contributed by atoms with Gasteiger partial charge < -0.3 is 19.9 Å². The monoisotopic (exact) mass is 404 g/mol. The number of anilines is 1. The van der Waals surface area contributed by atoms with Crippen molar-refractivity contribution in [3.8, 4) is 28.4 Å². The highest BCUT2D eigenvalue weighted by atomic mass is 16.5. The minimum absolute atomic E-state index is 0.145. The van der Waals surface area contributed by atoms with E-state index in [9.17, 15) is 4.79 Å². The van der Waals surface area contributed by atoms with Gasteiger partial charge in [0.1, 0.15) is 17.2 Å². The fourth-order valence-electron chi connectivity index (χ4n) is 3.67. The average molecular weight is 404 g/mol. The Bertz CT molecular complexity index is 1080. The summed E-state index contributed by atoms with van der Waals surface area (Å²) in [7, 11) is 1.57. The molecule has 30 heavy (non-hydrogen) atoms. The Morgan fingerprint density at radius 3 is 2.50 bits per heavy atom. The topological polar surface area (TPSA) is 83.7 Å². The van der Waals surface area contributed by atoms with E-state index >= 15 is 0 Å². The van der Waals surface area contributed by atoms with Crippen LogP contribution in [0.1, 0.15) is 35.0 Å². The van der Waals surface area contributed by atoms with Gasteiger partial charge in [-0.1, -0.05) is 25.1 Å². The number of nitrogens with zero attached hydrogens (tertiary/aromatic N) is 1. The predicted octanol–water partition coefficient (Wildman–Crippen LogP) is 4.29. The fourth-order valence-corrected chi connectivity index (χ4v) is 3.67. The van der Waals surface area contributed by atoms with Gasteiger partial charge in [0.25, 0.3) is 0 Å². The molecule has 1 aliphatic carbocycles. The minimum atomic E-state index is -0.145. The number of carbonyl (C=O) groups excluding carboxylic acids is 1. The van der Waals surface area contributed by atoms with Crippen LogP contribution in [0.2, 0.25) is 0 Å². The largest absolute Gasteiger partial charge is 0.496 e. The molecule has 154 valence electrons. The summed E-state index contributed by atoms with van der Waals surface area (Å²) in [5, 5.41) is 0. The highest BCUT2D eigenvalue weighted by molar-refractivity contribution is 6.26. The number of nitrogens with two attached hydrogens (primary N) is 1. The van der Waals surface area contributed by atoms with E-state index in [2.05, 4.69) is 4.98 Å². The molecule has 0 saturated heterocycles. The molecule has 0 fully saturated rings. The van der Waals surface area contributed by atoms with Gasteiger partial charge in [-0.15, -0.1) is 0 Å². The number of methoxy groups -OCH3 is 1. The molecule has 3 aromatic rings. The van der Waals surface area contributed by atoms with Gasteiger partial charge in [0.2, 0.25) is 0 Å². The summed E-state index contributed by atoms with van der Waals surface area (Å²) in [5.41, 5.74) is 9.96. The first kappa shape index (κ1) is 19.8. The average Bonchev–Trinajstić information content (AvgIpc) is 3.08. The molecule has 6 heteroatoms. The first-order chi connectivity index (χ1) is 14.7. The van der Waals surface area contributed by atoms with Crippen molar-refractivity contribution >= 4 is 11.5 Å². The Hall–Kier alpha value is -3.54. The van der Waals surface area contributed by atoms with Crippen LogP contribution >= 0.6 is 0 Å². The molecule has 1 aromatic heterocycles. The van der Waals surface area contributed by atoms with Crippen LogP contribution in [-0.2, 0) is 6.42 Å². The molecule has 2 N–H and O–H groups in total. The van der Waals surface area contributed by atoms with Crippen molar-refractivity contribution in [2.45, 2.75) is 19.8 Å². The molecule has 2 aromatic carbocycles. The number of carbonyl (C=O) groups is 1. The van der Waals surface area contributed by atoms with Crippen molar-refractivity contribution in [1.29, 1.82) is 0 Å². The van der Waals surface area contributed by atoms with Crippen LogP contribution < -0.4 is 19.9 Å². The van der Waals surface area contributed by atoms with Gasteiger partial charge in [-0.05, 0) is 24.6 Å². The fraction of sp³-hybridized carbons (Fsp3) is 0.250. The minimum Gasteiger partial charge on any atom is -0.496 e. The van der Waals surface area contributed by atoms with Gasteiger partial charge in [-0.3, -0.25) is 9.78 Å². The zero-order valence-corrected chi connectivity index (χ0v) is 17.1.